The molecule has 1 atom stereocenters. The van der Waals surface area contributed by atoms with Gasteiger partial charge in [-0.25, -0.2) is 4.79 Å². The molecule has 0 radical (unpaired) electrons. The summed E-state index contributed by atoms with van der Waals surface area (Å²) in [5, 5.41) is 9.65. The SMILES string of the molecule is Cc1cc(C)cc(N(C)C(=O)N2CCC2(C)C(=O)N(CCCC(=O)O)Cc2ccc(Cl)cc2)c1. The van der Waals surface area contributed by atoms with Gasteiger partial charge in [0.2, 0.25) is 5.91 Å². The molecular weight excluding hydrogens is 454 g/mol. The van der Waals surface area contributed by atoms with Gasteiger partial charge in [0, 0.05) is 43.8 Å². The molecule has 1 aliphatic rings. The first-order valence-electron chi connectivity index (χ1n) is 11.4. The summed E-state index contributed by atoms with van der Waals surface area (Å²) in [7, 11) is 1.72. The molecule has 2 aromatic carbocycles. The lowest BCUT2D eigenvalue weighted by atomic mass is 9.85. The van der Waals surface area contributed by atoms with Crippen LogP contribution in [0.3, 0.4) is 0 Å². The van der Waals surface area contributed by atoms with E-state index in [1.165, 1.54) is 0 Å². The second kappa shape index (κ2) is 10.5. The summed E-state index contributed by atoms with van der Waals surface area (Å²) in [4.78, 5) is 43.0. The highest BCUT2D eigenvalue weighted by atomic mass is 35.5. The van der Waals surface area contributed by atoms with Crippen molar-refractivity contribution in [2.24, 2.45) is 0 Å². The van der Waals surface area contributed by atoms with Gasteiger partial charge in [-0.1, -0.05) is 29.8 Å². The van der Waals surface area contributed by atoms with Crippen molar-refractivity contribution < 1.29 is 19.5 Å². The lowest BCUT2D eigenvalue weighted by Crippen LogP contribution is -2.69. The molecule has 0 aromatic heterocycles. The third-order valence-electron chi connectivity index (χ3n) is 6.38. The Kier molecular flexibility index (Phi) is 7.87. The van der Waals surface area contributed by atoms with Crippen LogP contribution in [-0.4, -0.2) is 58.5 Å². The molecular formula is C26H32ClN3O4. The second-order valence-electron chi connectivity index (χ2n) is 9.21. The van der Waals surface area contributed by atoms with E-state index in [9.17, 15) is 14.4 Å². The van der Waals surface area contributed by atoms with Gasteiger partial charge in [0.15, 0.2) is 0 Å². The van der Waals surface area contributed by atoms with Crippen LogP contribution in [0.1, 0.15) is 42.9 Å². The van der Waals surface area contributed by atoms with E-state index in [1.807, 2.05) is 44.2 Å². The zero-order valence-electron chi connectivity index (χ0n) is 20.2. The van der Waals surface area contributed by atoms with Crippen LogP contribution in [0, 0.1) is 13.8 Å². The highest BCUT2D eigenvalue weighted by Gasteiger charge is 2.52. The normalized spacial score (nSPS) is 17.1. The minimum atomic E-state index is -0.986. The molecule has 0 aliphatic carbocycles. The monoisotopic (exact) mass is 485 g/mol. The van der Waals surface area contributed by atoms with Gasteiger partial charge in [0.25, 0.3) is 0 Å². The van der Waals surface area contributed by atoms with Gasteiger partial charge < -0.3 is 14.9 Å². The zero-order chi connectivity index (χ0) is 25.0. The van der Waals surface area contributed by atoms with E-state index < -0.39 is 11.5 Å². The van der Waals surface area contributed by atoms with E-state index in [0.29, 0.717) is 31.0 Å². The van der Waals surface area contributed by atoms with Gasteiger partial charge in [-0.2, -0.15) is 0 Å². The molecule has 34 heavy (non-hydrogen) atoms. The Hall–Kier alpha value is -3.06. The summed E-state index contributed by atoms with van der Waals surface area (Å²) in [5.41, 5.74) is 2.80. The number of halogens is 1. The van der Waals surface area contributed by atoms with Gasteiger partial charge in [0.1, 0.15) is 5.54 Å². The number of carbonyl (C=O) groups is 3. The summed E-state index contributed by atoms with van der Waals surface area (Å²) in [6, 6.07) is 12.9. The number of carboxylic acids is 1. The number of anilines is 1. The number of benzene rings is 2. The number of aliphatic carboxylic acids is 1. The maximum absolute atomic E-state index is 13.7. The maximum atomic E-state index is 13.7. The first-order valence-corrected chi connectivity index (χ1v) is 11.8. The van der Waals surface area contributed by atoms with Crippen molar-refractivity contribution in [2.45, 2.75) is 52.1 Å². The quantitative estimate of drug-likeness (QED) is 0.578. The van der Waals surface area contributed by atoms with Crippen molar-refractivity contribution in [3.63, 3.8) is 0 Å². The van der Waals surface area contributed by atoms with Crippen LogP contribution in [-0.2, 0) is 16.1 Å². The molecule has 1 N–H and O–H groups in total. The highest BCUT2D eigenvalue weighted by molar-refractivity contribution is 6.30. The Labute approximate surface area is 205 Å². The largest absolute Gasteiger partial charge is 0.481 e. The third-order valence-corrected chi connectivity index (χ3v) is 6.63. The van der Waals surface area contributed by atoms with Crippen molar-refractivity contribution in [1.29, 1.82) is 0 Å². The van der Waals surface area contributed by atoms with Crippen LogP contribution >= 0.6 is 11.6 Å². The number of carbonyl (C=O) groups excluding carboxylic acids is 2. The Morgan fingerprint density at radius 3 is 2.24 bits per heavy atom. The predicted octanol–water partition coefficient (Wildman–Crippen LogP) is 4.87. The fourth-order valence-corrected chi connectivity index (χ4v) is 4.47. The first kappa shape index (κ1) is 25.6. The molecule has 8 heteroatoms. The number of amides is 3. The lowest BCUT2D eigenvalue weighted by molar-refractivity contribution is -0.149. The summed E-state index contributed by atoms with van der Waals surface area (Å²) < 4.78 is 0. The average molecular weight is 486 g/mol. The van der Waals surface area contributed by atoms with E-state index in [2.05, 4.69) is 0 Å². The molecule has 0 saturated carbocycles. The molecule has 3 rings (SSSR count). The van der Waals surface area contributed by atoms with Gasteiger partial charge in [-0.15, -0.1) is 0 Å². The van der Waals surface area contributed by atoms with E-state index in [-0.39, 0.29) is 24.9 Å². The molecule has 1 fully saturated rings. The molecule has 1 heterocycles. The lowest BCUT2D eigenvalue weighted by Gasteiger charge is -2.51. The zero-order valence-corrected chi connectivity index (χ0v) is 20.9. The van der Waals surface area contributed by atoms with E-state index >= 15 is 0 Å². The summed E-state index contributed by atoms with van der Waals surface area (Å²) in [5.74, 6) is -1.08. The van der Waals surface area contributed by atoms with Crippen LogP contribution < -0.4 is 4.90 Å². The fourth-order valence-electron chi connectivity index (χ4n) is 4.35. The number of likely N-dealkylation sites (tertiary alicyclic amines) is 1. The van der Waals surface area contributed by atoms with Crippen LogP contribution in [0.25, 0.3) is 0 Å². The Bertz CT molecular complexity index is 1050. The molecule has 182 valence electrons. The number of hydrogen-bond acceptors (Lipinski definition) is 3. The Morgan fingerprint density at radius 1 is 1.09 bits per heavy atom. The standard InChI is InChI=1S/C26H32ClN3O4/c1-18-14-19(2)16-22(15-18)28(4)25(34)30-13-11-26(30,3)24(33)29(12-5-6-23(31)32)17-20-7-9-21(27)10-8-20/h7-10,14-16H,5-6,11-13,17H2,1-4H3,(H,31,32). The van der Waals surface area contributed by atoms with Gasteiger partial charge in [-0.3, -0.25) is 14.5 Å². The second-order valence-corrected chi connectivity index (χ2v) is 9.65. The minimum absolute atomic E-state index is 0.0286. The van der Waals surface area contributed by atoms with Crippen molar-refractivity contribution in [1.82, 2.24) is 9.80 Å². The van der Waals surface area contributed by atoms with Crippen LogP contribution in [0.4, 0.5) is 10.5 Å². The molecule has 2 aromatic rings. The van der Waals surface area contributed by atoms with Crippen LogP contribution in [0.15, 0.2) is 42.5 Å². The van der Waals surface area contributed by atoms with Gasteiger partial charge in [0.05, 0.1) is 0 Å². The molecule has 0 bridgehead atoms. The molecule has 1 saturated heterocycles. The molecule has 7 nitrogen and oxygen atoms in total. The first-order chi connectivity index (χ1) is 16.0. The molecule has 0 spiro atoms. The van der Waals surface area contributed by atoms with E-state index in [4.69, 9.17) is 16.7 Å². The summed E-state index contributed by atoms with van der Waals surface area (Å²) in [6.07, 6.45) is 0.856. The van der Waals surface area contributed by atoms with Gasteiger partial charge in [-0.05, 0) is 74.6 Å². The maximum Gasteiger partial charge on any atom is 0.325 e. The Morgan fingerprint density at radius 2 is 1.71 bits per heavy atom. The van der Waals surface area contributed by atoms with Crippen molar-refractivity contribution in [3.05, 3.63) is 64.2 Å². The predicted molar refractivity (Wildman–Crippen MR) is 133 cm³/mol. The van der Waals surface area contributed by atoms with Crippen molar-refractivity contribution in [2.75, 3.05) is 25.0 Å². The van der Waals surface area contributed by atoms with Crippen molar-refractivity contribution >= 4 is 35.2 Å². The van der Waals surface area contributed by atoms with E-state index in [0.717, 1.165) is 22.4 Å². The average Bonchev–Trinajstić information content (AvgIpc) is 2.76. The molecule has 3 amide bonds. The summed E-state index contributed by atoms with van der Waals surface area (Å²) in [6.45, 7) is 6.85. The number of nitrogens with zero attached hydrogens (tertiary/aromatic N) is 3. The molecule has 1 unspecified atom stereocenters. The van der Waals surface area contributed by atoms with Crippen LogP contribution in [0.2, 0.25) is 5.02 Å². The van der Waals surface area contributed by atoms with Gasteiger partial charge >= 0.3 is 12.0 Å². The third kappa shape index (κ3) is 5.70. The Balaban J connectivity index is 1.80. The van der Waals surface area contributed by atoms with Crippen LogP contribution in [0.5, 0.6) is 0 Å². The number of hydrogen-bond donors (Lipinski definition) is 1. The molecule has 1 aliphatic heterocycles. The minimum Gasteiger partial charge on any atom is -0.481 e. The number of rotatable bonds is 8. The highest BCUT2D eigenvalue weighted by Crippen LogP contribution is 2.35. The smallest absolute Gasteiger partial charge is 0.325 e. The van der Waals surface area contributed by atoms with Crippen molar-refractivity contribution in [3.8, 4) is 0 Å². The van der Waals surface area contributed by atoms with E-state index in [1.54, 1.807) is 40.8 Å². The topological polar surface area (TPSA) is 81.2 Å². The number of urea groups is 1. The number of aryl methyl sites for hydroxylation is 2. The number of carboxylic acid groups (broad SMARTS) is 1. The fraction of sp³-hybridized carbons (Fsp3) is 0.423. The summed E-state index contributed by atoms with van der Waals surface area (Å²) >= 11 is 5.99.